The molecule has 1 aliphatic heterocycles. The van der Waals surface area contributed by atoms with Crippen molar-refractivity contribution < 1.29 is 9.53 Å². The van der Waals surface area contributed by atoms with Gasteiger partial charge in [-0.3, -0.25) is 9.69 Å². The van der Waals surface area contributed by atoms with Crippen molar-refractivity contribution >= 4 is 22.6 Å². The maximum absolute atomic E-state index is 12.0. The van der Waals surface area contributed by atoms with Crippen LogP contribution in [0.1, 0.15) is 56.8 Å². The maximum Gasteiger partial charge on any atom is 0.220 e. The molecule has 1 aromatic carbocycles. The normalized spacial score (nSPS) is 14.5. The van der Waals surface area contributed by atoms with Gasteiger partial charge >= 0.3 is 0 Å². The lowest BCUT2D eigenvalue weighted by Gasteiger charge is -2.34. The highest BCUT2D eigenvalue weighted by molar-refractivity contribution is 7.09. The summed E-state index contributed by atoms with van der Waals surface area (Å²) in [6.07, 6.45) is 7.29. The summed E-state index contributed by atoms with van der Waals surface area (Å²) in [6.45, 7) is 7.71. The summed E-state index contributed by atoms with van der Waals surface area (Å²) in [7, 11) is 1.68. The number of carbonyl (C=O) groups excluding carboxylic acids is 1. The van der Waals surface area contributed by atoms with Gasteiger partial charge in [0.25, 0.3) is 0 Å². The summed E-state index contributed by atoms with van der Waals surface area (Å²) in [5.41, 5.74) is 1.15. The highest BCUT2D eigenvalue weighted by Gasteiger charge is 2.20. The summed E-state index contributed by atoms with van der Waals surface area (Å²) >= 11 is 1.48. The topological polar surface area (TPSA) is 70.6 Å². The van der Waals surface area contributed by atoms with Gasteiger partial charge in [0.15, 0.2) is 0 Å². The molecule has 1 saturated heterocycles. The van der Waals surface area contributed by atoms with E-state index >= 15 is 0 Å². The van der Waals surface area contributed by atoms with Crippen molar-refractivity contribution in [1.82, 2.24) is 19.6 Å². The molecule has 1 N–H and O–H groups in total. The van der Waals surface area contributed by atoms with Gasteiger partial charge in [-0.1, -0.05) is 44.7 Å². The van der Waals surface area contributed by atoms with E-state index in [1.165, 1.54) is 30.8 Å². The number of unbranched alkanes of at least 4 members (excludes halogenated alkanes) is 4. The molecule has 7 nitrogen and oxygen atoms in total. The van der Waals surface area contributed by atoms with E-state index in [4.69, 9.17) is 9.72 Å². The third kappa shape index (κ3) is 8.06. The lowest BCUT2D eigenvalue weighted by molar-refractivity contribution is -0.121. The minimum absolute atomic E-state index is 0.192. The van der Waals surface area contributed by atoms with Crippen LogP contribution in [0.25, 0.3) is 0 Å². The number of anilines is 1. The van der Waals surface area contributed by atoms with Crippen LogP contribution in [0.15, 0.2) is 24.3 Å². The minimum atomic E-state index is 0.192. The smallest absolute Gasteiger partial charge is 0.220 e. The average molecular weight is 460 g/mol. The first-order chi connectivity index (χ1) is 15.7. The van der Waals surface area contributed by atoms with Gasteiger partial charge in [0.05, 0.1) is 7.11 Å². The van der Waals surface area contributed by atoms with Crippen molar-refractivity contribution in [3.8, 4) is 5.75 Å². The maximum atomic E-state index is 12.0. The predicted octanol–water partition coefficient (Wildman–Crippen LogP) is 3.74. The average Bonchev–Trinajstić information content (AvgIpc) is 3.28. The number of methoxy groups -OCH3 is 1. The van der Waals surface area contributed by atoms with Gasteiger partial charge in [0, 0.05) is 63.6 Å². The Bertz CT molecular complexity index is 820. The molecule has 0 unspecified atom stereocenters. The van der Waals surface area contributed by atoms with Crippen molar-refractivity contribution in [2.45, 2.75) is 51.9 Å². The molecule has 2 aromatic rings. The molecular weight excluding hydrogens is 422 g/mol. The van der Waals surface area contributed by atoms with E-state index in [-0.39, 0.29) is 5.91 Å². The Morgan fingerprint density at radius 2 is 1.97 bits per heavy atom. The number of benzene rings is 1. The second-order valence-corrected chi connectivity index (χ2v) is 9.09. The molecule has 0 spiro atoms. The van der Waals surface area contributed by atoms with Gasteiger partial charge in [-0.05, 0) is 24.1 Å². The fourth-order valence-corrected chi connectivity index (χ4v) is 4.64. The molecule has 176 valence electrons. The molecule has 0 bridgehead atoms. The van der Waals surface area contributed by atoms with Gasteiger partial charge in [-0.25, -0.2) is 4.98 Å². The summed E-state index contributed by atoms with van der Waals surface area (Å²) in [5.74, 6) is 1.91. The number of piperazine rings is 1. The fourth-order valence-electron chi connectivity index (χ4n) is 3.90. The zero-order valence-electron chi connectivity index (χ0n) is 19.5. The molecule has 8 heteroatoms. The standard InChI is InChI=1S/C24H37N5O2S/c1-3-4-5-6-7-11-23(30)25-12-13-28-14-16-29(17-15-28)24-26-22(27-32-24)19-20-9-8-10-21(18-20)31-2/h8-10,18H,3-7,11-17,19H2,1-2H3,(H,25,30). The van der Waals surface area contributed by atoms with E-state index in [1.54, 1.807) is 7.11 Å². The quantitative estimate of drug-likeness (QED) is 0.460. The molecule has 0 atom stereocenters. The van der Waals surface area contributed by atoms with E-state index < -0.39 is 0 Å². The molecular formula is C24H37N5O2S. The molecule has 1 aromatic heterocycles. The minimum Gasteiger partial charge on any atom is -0.497 e. The van der Waals surface area contributed by atoms with Crippen LogP contribution in [0.2, 0.25) is 0 Å². The van der Waals surface area contributed by atoms with Crippen LogP contribution in [-0.4, -0.2) is 66.5 Å². The fraction of sp³-hybridized carbons (Fsp3) is 0.625. The number of nitrogens with zero attached hydrogens (tertiary/aromatic N) is 4. The Labute approximate surface area is 196 Å². The van der Waals surface area contributed by atoms with Crippen molar-refractivity contribution in [3.05, 3.63) is 35.7 Å². The zero-order chi connectivity index (χ0) is 22.6. The van der Waals surface area contributed by atoms with Crippen LogP contribution in [0.3, 0.4) is 0 Å². The van der Waals surface area contributed by atoms with Crippen LogP contribution < -0.4 is 15.0 Å². The van der Waals surface area contributed by atoms with Crippen molar-refractivity contribution in [2.75, 3.05) is 51.3 Å². The van der Waals surface area contributed by atoms with Gasteiger partial charge < -0.3 is 15.0 Å². The number of hydrogen-bond acceptors (Lipinski definition) is 7. The van der Waals surface area contributed by atoms with E-state index in [1.807, 2.05) is 18.2 Å². The molecule has 0 saturated carbocycles. The van der Waals surface area contributed by atoms with Crippen LogP contribution in [0.5, 0.6) is 5.75 Å². The van der Waals surface area contributed by atoms with E-state index in [2.05, 4.69) is 32.5 Å². The third-order valence-electron chi connectivity index (χ3n) is 5.85. The number of rotatable bonds is 13. The summed E-state index contributed by atoms with van der Waals surface area (Å²) in [5, 5.41) is 4.07. The van der Waals surface area contributed by atoms with E-state index in [0.717, 1.165) is 74.4 Å². The van der Waals surface area contributed by atoms with Crippen LogP contribution >= 0.6 is 11.5 Å². The highest BCUT2D eigenvalue weighted by atomic mass is 32.1. The second kappa shape index (κ2) is 13.4. The molecule has 1 aliphatic rings. The third-order valence-corrected chi connectivity index (χ3v) is 6.67. The Balaban J connectivity index is 1.33. The molecule has 0 radical (unpaired) electrons. The van der Waals surface area contributed by atoms with Crippen molar-refractivity contribution in [3.63, 3.8) is 0 Å². The monoisotopic (exact) mass is 459 g/mol. The number of amides is 1. The summed E-state index contributed by atoms with van der Waals surface area (Å²) in [4.78, 5) is 21.5. The lowest BCUT2D eigenvalue weighted by atomic mass is 10.1. The first-order valence-corrected chi connectivity index (χ1v) is 12.6. The highest BCUT2D eigenvalue weighted by Crippen LogP contribution is 2.21. The predicted molar refractivity (Wildman–Crippen MR) is 131 cm³/mol. The van der Waals surface area contributed by atoms with Crippen molar-refractivity contribution in [1.29, 1.82) is 0 Å². The number of nitrogens with one attached hydrogen (secondary N) is 1. The van der Waals surface area contributed by atoms with Crippen LogP contribution in [0, 0.1) is 0 Å². The lowest BCUT2D eigenvalue weighted by Crippen LogP contribution is -2.48. The molecule has 1 amide bonds. The Morgan fingerprint density at radius 3 is 2.75 bits per heavy atom. The number of carbonyl (C=O) groups is 1. The van der Waals surface area contributed by atoms with Gasteiger partial charge in [-0.2, -0.15) is 4.37 Å². The van der Waals surface area contributed by atoms with Gasteiger partial charge in [0.2, 0.25) is 11.0 Å². The van der Waals surface area contributed by atoms with E-state index in [0.29, 0.717) is 12.8 Å². The van der Waals surface area contributed by atoms with Gasteiger partial charge in [0.1, 0.15) is 11.6 Å². The SMILES string of the molecule is CCCCCCCC(=O)NCCN1CCN(c2nc(Cc3cccc(OC)c3)ns2)CC1. The Kier molecular flexibility index (Phi) is 10.2. The molecule has 2 heterocycles. The van der Waals surface area contributed by atoms with Crippen LogP contribution in [0.4, 0.5) is 5.13 Å². The first kappa shape index (κ1) is 24.5. The molecule has 1 fully saturated rings. The van der Waals surface area contributed by atoms with Gasteiger partial charge in [-0.15, -0.1) is 0 Å². The van der Waals surface area contributed by atoms with Crippen molar-refractivity contribution in [2.24, 2.45) is 0 Å². The zero-order valence-corrected chi connectivity index (χ0v) is 20.3. The summed E-state index contributed by atoms with van der Waals surface area (Å²) < 4.78 is 9.86. The number of ether oxygens (including phenoxy) is 1. The Morgan fingerprint density at radius 1 is 1.16 bits per heavy atom. The molecule has 3 rings (SSSR count). The Hall–Kier alpha value is -2.19. The van der Waals surface area contributed by atoms with Crippen LogP contribution in [-0.2, 0) is 11.2 Å². The molecule has 32 heavy (non-hydrogen) atoms. The number of aromatic nitrogens is 2. The second-order valence-electron chi connectivity index (χ2n) is 8.36. The summed E-state index contributed by atoms with van der Waals surface area (Å²) in [6, 6.07) is 8.05. The molecule has 0 aliphatic carbocycles. The number of hydrogen-bond donors (Lipinski definition) is 1. The van der Waals surface area contributed by atoms with E-state index in [9.17, 15) is 4.79 Å². The first-order valence-electron chi connectivity index (χ1n) is 11.9. The largest absolute Gasteiger partial charge is 0.497 e.